The van der Waals surface area contributed by atoms with E-state index in [0.29, 0.717) is 17.7 Å². The van der Waals surface area contributed by atoms with Crippen LogP contribution in [0.3, 0.4) is 0 Å². The lowest BCUT2D eigenvalue weighted by Crippen LogP contribution is -2.53. The number of hydrogen-bond donors (Lipinski definition) is 1. The van der Waals surface area contributed by atoms with Gasteiger partial charge in [0.15, 0.2) is 0 Å². The summed E-state index contributed by atoms with van der Waals surface area (Å²) in [5.74, 6) is -1.50. The predicted octanol–water partition coefficient (Wildman–Crippen LogP) is 2.17. The molecule has 1 aliphatic heterocycles. The third-order valence-corrected chi connectivity index (χ3v) is 3.86. The fourth-order valence-corrected chi connectivity index (χ4v) is 2.82. The maximum Gasteiger partial charge on any atom is 0.323 e. The van der Waals surface area contributed by atoms with Crippen LogP contribution in [-0.2, 0) is 14.4 Å². The van der Waals surface area contributed by atoms with Crippen LogP contribution in [0, 0.1) is 5.92 Å². The zero-order valence-electron chi connectivity index (χ0n) is 14.1. The Labute approximate surface area is 141 Å². The minimum Gasteiger partial charge on any atom is -0.480 e. The number of nitrogens with zero attached hydrogens (tertiary/aromatic N) is 2. The Morgan fingerprint density at radius 2 is 1.83 bits per heavy atom. The number of carbonyl (C=O) groups is 3. The Hall–Kier alpha value is -2.63. The van der Waals surface area contributed by atoms with Crippen molar-refractivity contribution in [1.82, 2.24) is 9.80 Å². The number of hydrogen-bond acceptors (Lipinski definition) is 3. The maximum absolute atomic E-state index is 12.9. The van der Waals surface area contributed by atoms with E-state index in [4.69, 9.17) is 0 Å². The molecule has 0 bridgehead atoms. The van der Waals surface area contributed by atoms with E-state index < -0.39 is 18.6 Å². The van der Waals surface area contributed by atoms with Crippen LogP contribution >= 0.6 is 0 Å². The summed E-state index contributed by atoms with van der Waals surface area (Å²) < 4.78 is 0. The van der Waals surface area contributed by atoms with Crippen LogP contribution in [0.1, 0.15) is 32.8 Å². The van der Waals surface area contributed by atoms with Crippen molar-refractivity contribution < 1.29 is 19.5 Å². The van der Waals surface area contributed by atoms with Crippen LogP contribution in [0.4, 0.5) is 0 Å². The summed E-state index contributed by atoms with van der Waals surface area (Å²) in [7, 11) is 0. The number of carboxylic acid groups (broad SMARTS) is 1. The largest absolute Gasteiger partial charge is 0.480 e. The molecule has 6 nitrogen and oxygen atoms in total. The van der Waals surface area contributed by atoms with Crippen molar-refractivity contribution in [3.63, 3.8) is 0 Å². The van der Waals surface area contributed by atoms with E-state index in [1.165, 1.54) is 16.7 Å². The molecule has 0 saturated carbocycles. The molecule has 0 saturated heterocycles. The highest BCUT2D eigenvalue weighted by atomic mass is 16.4. The van der Waals surface area contributed by atoms with Crippen molar-refractivity contribution in [3.05, 3.63) is 42.1 Å². The van der Waals surface area contributed by atoms with Gasteiger partial charge in [0.05, 0.1) is 5.70 Å². The highest BCUT2D eigenvalue weighted by Gasteiger charge is 2.38. The van der Waals surface area contributed by atoms with Crippen molar-refractivity contribution in [2.75, 3.05) is 6.54 Å². The lowest BCUT2D eigenvalue weighted by atomic mass is 9.98. The Kier molecular flexibility index (Phi) is 5.39. The highest BCUT2D eigenvalue weighted by molar-refractivity contribution is 5.98. The molecular formula is C18H22N2O4. The Balaban J connectivity index is 2.53. The number of amides is 2. The fraction of sp³-hybridized carbons (Fsp3) is 0.389. The summed E-state index contributed by atoms with van der Waals surface area (Å²) >= 11 is 0. The average Bonchev–Trinajstić information content (AvgIpc) is 2.51. The second-order valence-corrected chi connectivity index (χ2v) is 6.27. The van der Waals surface area contributed by atoms with Gasteiger partial charge >= 0.3 is 5.97 Å². The first-order chi connectivity index (χ1) is 11.3. The van der Waals surface area contributed by atoms with E-state index in [9.17, 15) is 19.5 Å². The van der Waals surface area contributed by atoms with Gasteiger partial charge in [-0.1, -0.05) is 44.2 Å². The van der Waals surface area contributed by atoms with E-state index in [-0.39, 0.29) is 17.7 Å². The van der Waals surface area contributed by atoms with Crippen LogP contribution in [0.5, 0.6) is 0 Å². The van der Waals surface area contributed by atoms with E-state index in [1.807, 2.05) is 19.9 Å². The SMILES string of the molecule is CC(=O)N1C=C(c2ccccc2)N(CC(=O)O)C(=O)[C@@H]1CC(C)C. The minimum absolute atomic E-state index is 0.194. The lowest BCUT2D eigenvalue weighted by Gasteiger charge is -2.39. The van der Waals surface area contributed by atoms with Crippen LogP contribution in [-0.4, -0.2) is 45.3 Å². The van der Waals surface area contributed by atoms with Gasteiger partial charge in [0.2, 0.25) is 5.91 Å². The molecule has 24 heavy (non-hydrogen) atoms. The minimum atomic E-state index is -1.09. The monoisotopic (exact) mass is 330 g/mol. The molecule has 1 heterocycles. The van der Waals surface area contributed by atoms with E-state index in [2.05, 4.69) is 0 Å². The molecule has 2 rings (SSSR count). The molecule has 0 spiro atoms. The molecule has 0 radical (unpaired) electrons. The van der Waals surface area contributed by atoms with Gasteiger partial charge in [-0.05, 0) is 17.9 Å². The van der Waals surface area contributed by atoms with Crippen molar-refractivity contribution in [3.8, 4) is 0 Å². The van der Waals surface area contributed by atoms with Crippen molar-refractivity contribution in [2.24, 2.45) is 5.92 Å². The zero-order valence-corrected chi connectivity index (χ0v) is 14.1. The smallest absolute Gasteiger partial charge is 0.323 e. The summed E-state index contributed by atoms with van der Waals surface area (Å²) in [5, 5.41) is 9.19. The Morgan fingerprint density at radius 1 is 1.21 bits per heavy atom. The number of carboxylic acids is 1. The van der Waals surface area contributed by atoms with Gasteiger partial charge in [0.1, 0.15) is 12.6 Å². The van der Waals surface area contributed by atoms with Gasteiger partial charge in [-0.2, -0.15) is 0 Å². The molecule has 128 valence electrons. The van der Waals surface area contributed by atoms with E-state index >= 15 is 0 Å². The summed E-state index contributed by atoms with van der Waals surface area (Å²) in [4.78, 5) is 38.9. The molecule has 0 aromatic heterocycles. The summed E-state index contributed by atoms with van der Waals surface area (Å²) in [6.07, 6.45) is 2.07. The number of rotatable bonds is 5. The second-order valence-electron chi connectivity index (χ2n) is 6.27. The first-order valence-corrected chi connectivity index (χ1v) is 7.90. The van der Waals surface area contributed by atoms with Crippen LogP contribution in [0.25, 0.3) is 5.70 Å². The first kappa shape index (κ1) is 17.7. The molecule has 0 fully saturated rings. The zero-order chi connectivity index (χ0) is 17.9. The van der Waals surface area contributed by atoms with Crippen molar-refractivity contribution in [2.45, 2.75) is 33.2 Å². The quantitative estimate of drug-likeness (QED) is 0.897. The molecule has 1 aromatic rings. The van der Waals surface area contributed by atoms with Crippen LogP contribution in [0.2, 0.25) is 0 Å². The molecule has 0 aliphatic carbocycles. The van der Waals surface area contributed by atoms with Gasteiger partial charge in [0, 0.05) is 13.1 Å². The number of carbonyl (C=O) groups excluding carboxylic acids is 2. The predicted molar refractivity (Wildman–Crippen MR) is 89.5 cm³/mol. The molecule has 1 N–H and O–H groups in total. The standard InChI is InChI=1S/C18H22N2O4/c1-12(2)9-15-18(24)20(11-17(22)23)16(10-19(15)13(3)21)14-7-5-4-6-8-14/h4-8,10,12,15H,9,11H2,1-3H3,(H,22,23)/t15-/m0/s1. The molecule has 0 unspecified atom stereocenters. The molecule has 2 amide bonds. The summed E-state index contributed by atoms with van der Waals surface area (Å²) in [5.41, 5.74) is 1.12. The van der Waals surface area contributed by atoms with Crippen LogP contribution < -0.4 is 0 Å². The molecule has 1 atom stereocenters. The van der Waals surface area contributed by atoms with Gasteiger partial charge in [-0.25, -0.2) is 0 Å². The topological polar surface area (TPSA) is 77.9 Å². The van der Waals surface area contributed by atoms with E-state index in [1.54, 1.807) is 30.5 Å². The average molecular weight is 330 g/mol. The highest BCUT2D eigenvalue weighted by Crippen LogP contribution is 2.29. The van der Waals surface area contributed by atoms with Crippen molar-refractivity contribution >= 4 is 23.5 Å². The second kappa shape index (κ2) is 7.29. The third kappa shape index (κ3) is 3.82. The third-order valence-electron chi connectivity index (χ3n) is 3.86. The normalized spacial score (nSPS) is 17.9. The first-order valence-electron chi connectivity index (χ1n) is 7.90. The lowest BCUT2D eigenvalue weighted by molar-refractivity contribution is -0.147. The molecular weight excluding hydrogens is 308 g/mol. The van der Waals surface area contributed by atoms with Gasteiger partial charge in [-0.3, -0.25) is 19.3 Å². The van der Waals surface area contributed by atoms with Crippen molar-refractivity contribution in [1.29, 1.82) is 0 Å². The summed E-state index contributed by atoms with van der Waals surface area (Å²) in [6.45, 7) is 4.90. The molecule has 1 aliphatic rings. The Morgan fingerprint density at radius 3 is 2.33 bits per heavy atom. The fourth-order valence-electron chi connectivity index (χ4n) is 2.82. The van der Waals surface area contributed by atoms with Gasteiger partial charge in [0.25, 0.3) is 5.91 Å². The Bertz CT molecular complexity index is 667. The maximum atomic E-state index is 12.9. The van der Waals surface area contributed by atoms with Crippen LogP contribution in [0.15, 0.2) is 36.5 Å². The molecule has 6 heteroatoms. The van der Waals surface area contributed by atoms with Gasteiger partial charge < -0.3 is 10.0 Å². The number of aliphatic carboxylic acids is 1. The van der Waals surface area contributed by atoms with Gasteiger partial charge in [-0.15, -0.1) is 0 Å². The number of benzene rings is 1. The molecule has 1 aromatic carbocycles. The summed E-state index contributed by atoms with van der Waals surface area (Å²) in [6, 6.07) is 8.34. The van der Waals surface area contributed by atoms with E-state index in [0.717, 1.165) is 0 Å².